The molecule has 0 saturated carbocycles. The standard InChI is InChI=1S/C22H18N4/c1-16-23-14-21(15-24-16)19-9-7-17(8-10-19)11-18-12-25-22(26-13-18)20-5-3-2-4-6-20/h2-10,12-15H,11H2,1H3. The van der Waals surface area contributed by atoms with Crippen molar-refractivity contribution in [3.8, 4) is 22.5 Å². The molecule has 0 aliphatic heterocycles. The Balaban J connectivity index is 1.48. The average Bonchev–Trinajstić information content (AvgIpc) is 2.71. The molecule has 0 bridgehead atoms. The van der Waals surface area contributed by atoms with Crippen LogP contribution in [-0.4, -0.2) is 19.9 Å². The maximum Gasteiger partial charge on any atom is 0.159 e. The summed E-state index contributed by atoms with van der Waals surface area (Å²) >= 11 is 0. The number of rotatable bonds is 4. The summed E-state index contributed by atoms with van der Waals surface area (Å²) in [6.07, 6.45) is 8.31. The number of hydrogen-bond donors (Lipinski definition) is 0. The minimum absolute atomic E-state index is 0.754. The van der Waals surface area contributed by atoms with E-state index >= 15 is 0 Å². The van der Waals surface area contributed by atoms with Gasteiger partial charge in [0.05, 0.1) is 0 Å². The van der Waals surface area contributed by atoms with Crippen LogP contribution in [0.25, 0.3) is 22.5 Å². The number of hydrogen-bond acceptors (Lipinski definition) is 4. The monoisotopic (exact) mass is 338 g/mol. The largest absolute Gasteiger partial charge is 0.241 e. The molecule has 4 rings (SSSR count). The highest BCUT2D eigenvalue weighted by Crippen LogP contribution is 2.20. The molecule has 0 fully saturated rings. The minimum Gasteiger partial charge on any atom is -0.241 e. The lowest BCUT2D eigenvalue weighted by Gasteiger charge is -2.05. The molecular weight excluding hydrogens is 320 g/mol. The summed E-state index contributed by atoms with van der Waals surface area (Å²) in [4.78, 5) is 17.5. The molecule has 2 heterocycles. The number of aromatic nitrogens is 4. The Morgan fingerprint density at radius 2 is 1.23 bits per heavy atom. The third kappa shape index (κ3) is 3.64. The Hall–Kier alpha value is -3.40. The Bertz CT molecular complexity index is 977. The second-order valence-corrected chi connectivity index (χ2v) is 6.17. The third-order valence-corrected chi connectivity index (χ3v) is 4.21. The van der Waals surface area contributed by atoms with E-state index < -0.39 is 0 Å². The number of aryl methyl sites for hydroxylation is 1. The molecule has 126 valence electrons. The molecule has 0 N–H and O–H groups in total. The first-order valence-corrected chi connectivity index (χ1v) is 8.52. The Morgan fingerprint density at radius 3 is 1.88 bits per heavy atom. The first kappa shape index (κ1) is 16.1. The van der Waals surface area contributed by atoms with Gasteiger partial charge in [-0.2, -0.15) is 0 Å². The molecule has 26 heavy (non-hydrogen) atoms. The van der Waals surface area contributed by atoms with E-state index in [1.165, 1.54) is 5.56 Å². The van der Waals surface area contributed by atoms with Crippen LogP contribution in [0.3, 0.4) is 0 Å². The Morgan fingerprint density at radius 1 is 0.577 bits per heavy atom. The molecule has 0 aliphatic carbocycles. The van der Waals surface area contributed by atoms with Crippen molar-refractivity contribution < 1.29 is 0 Å². The quantitative estimate of drug-likeness (QED) is 0.550. The van der Waals surface area contributed by atoms with Gasteiger partial charge in [0.2, 0.25) is 0 Å². The molecular formula is C22H18N4. The fourth-order valence-electron chi connectivity index (χ4n) is 2.77. The van der Waals surface area contributed by atoms with Crippen molar-refractivity contribution in [3.63, 3.8) is 0 Å². The van der Waals surface area contributed by atoms with Crippen LogP contribution in [0.15, 0.2) is 79.4 Å². The fraction of sp³-hybridized carbons (Fsp3) is 0.0909. The molecule has 0 unspecified atom stereocenters. The highest BCUT2D eigenvalue weighted by molar-refractivity contribution is 5.61. The summed E-state index contributed by atoms with van der Waals surface area (Å²) in [5, 5.41) is 0. The van der Waals surface area contributed by atoms with Crippen LogP contribution in [0.5, 0.6) is 0 Å². The summed E-state index contributed by atoms with van der Waals surface area (Å²) in [6.45, 7) is 1.89. The lowest BCUT2D eigenvalue weighted by Crippen LogP contribution is -1.94. The predicted octanol–water partition coefficient (Wildman–Crippen LogP) is 4.50. The van der Waals surface area contributed by atoms with Crippen LogP contribution >= 0.6 is 0 Å². The van der Waals surface area contributed by atoms with Crippen LogP contribution < -0.4 is 0 Å². The van der Waals surface area contributed by atoms with E-state index in [4.69, 9.17) is 0 Å². The van der Waals surface area contributed by atoms with E-state index in [0.29, 0.717) is 0 Å². The zero-order valence-corrected chi connectivity index (χ0v) is 14.5. The summed E-state index contributed by atoms with van der Waals surface area (Å²) < 4.78 is 0. The van der Waals surface area contributed by atoms with E-state index in [-0.39, 0.29) is 0 Å². The third-order valence-electron chi connectivity index (χ3n) is 4.21. The maximum absolute atomic E-state index is 4.49. The summed E-state index contributed by atoms with van der Waals surface area (Å²) in [6, 6.07) is 18.5. The van der Waals surface area contributed by atoms with E-state index in [9.17, 15) is 0 Å². The van der Waals surface area contributed by atoms with Crippen molar-refractivity contribution in [3.05, 3.63) is 96.3 Å². The van der Waals surface area contributed by atoms with Crippen LogP contribution in [0, 0.1) is 6.92 Å². The minimum atomic E-state index is 0.754. The van der Waals surface area contributed by atoms with E-state index in [1.807, 2.05) is 62.0 Å². The first-order chi connectivity index (χ1) is 12.8. The Kier molecular flexibility index (Phi) is 4.48. The van der Waals surface area contributed by atoms with Gasteiger partial charge in [-0.15, -0.1) is 0 Å². The topological polar surface area (TPSA) is 51.6 Å². The highest BCUT2D eigenvalue weighted by atomic mass is 14.9. The van der Waals surface area contributed by atoms with Crippen LogP contribution in [0.2, 0.25) is 0 Å². The Labute approximate surface area is 152 Å². The molecule has 2 aromatic carbocycles. The summed E-state index contributed by atoms with van der Waals surface area (Å²) in [5.74, 6) is 1.54. The van der Waals surface area contributed by atoms with Crippen molar-refractivity contribution in [2.24, 2.45) is 0 Å². The molecule has 4 aromatic rings. The van der Waals surface area contributed by atoms with Crippen LogP contribution in [-0.2, 0) is 6.42 Å². The van der Waals surface area contributed by atoms with Gasteiger partial charge in [0.1, 0.15) is 5.82 Å². The SMILES string of the molecule is Cc1ncc(-c2ccc(Cc3cnc(-c4ccccc4)nc3)cc2)cn1. The predicted molar refractivity (Wildman–Crippen MR) is 102 cm³/mol. The maximum atomic E-state index is 4.49. The smallest absolute Gasteiger partial charge is 0.159 e. The van der Waals surface area contributed by atoms with Crippen molar-refractivity contribution in [1.29, 1.82) is 0 Å². The van der Waals surface area contributed by atoms with Crippen molar-refractivity contribution in [2.75, 3.05) is 0 Å². The van der Waals surface area contributed by atoms with Gasteiger partial charge in [0.25, 0.3) is 0 Å². The lowest BCUT2D eigenvalue weighted by molar-refractivity contribution is 1.05. The van der Waals surface area contributed by atoms with Gasteiger partial charge >= 0.3 is 0 Å². The molecule has 4 nitrogen and oxygen atoms in total. The van der Waals surface area contributed by atoms with Crippen LogP contribution in [0.1, 0.15) is 17.0 Å². The summed E-state index contributed by atoms with van der Waals surface area (Å²) in [7, 11) is 0. The van der Waals surface area contributed by atoms with Gasteiger partial charge in [-0.1, -0.05) is 54.6 Å². The average molecular weight is 338 g/mol. The van der Waals surface area contributed by atoms with Gasteiger partial charge < -0.3 is 0 Å². The van der Waals surface area contributed by atoms with Gasteiger partial charge in [-0.3, -0.25) is 0 Å². The van der Waals surface area contributed by atoms with Gasteiger partial charge in [0, 0.05) is 42.3 Å². The molecule has 0 atom stereocenters. The molecule has 0 amide bonds. The lowest BCUT2D eigenvalue weighted by atomic mass is 10.0. The van der Waals surface area contributed by atoms with Gasteiger partial charge in [0.15, 0.2) is 5.82 Å². The number of benzene rings is 2. The summed E-state index contributed by atoms with van der Waals surface area (Å²) in [5.41, 5.74) is 5.49. The molecule has 2 aromatic heterocycles. The van der Waals surface area contributed by atoms with Crippen molar-refractivity contribution in [2.45, 2.75) is 13.3 Å². The molecule has 0 radical (unpaired) electrons. The van der Waals surface area contributed by atoms with Crippen molar-refractivity contribution >= 4 is 0 Å². The van der Waals surface area contributed by atoms with Crippen LogP contribution in [0.4, 0.5) is 0 Å². The normalized spacial score (nSPS) is 10.7. The zero-order valence-electron chi connectivity index (χ0n) is 14.5. The molecule has 0 saturated heterocycles. The van der Waals surface area contributed by atoms with E-state index in [2.05, 4.69) is 44.2 Å². The van der Waals surface area contributed by atoms with Gasteiger partial charge in [-0.05, 0) is 23.6 Å². The highest BCUT2D eigenvalue weighted by Gasteiger charge is 2.03. The fourth-order valence-corrected chi connectivity index (χ4v) is 2.77. The zero-order chi connectivity index (χ0) is 17.8. The number of nitrogens with zero attached hydrogens (tertiary/aromatic N) is 4. The molecule has 0 aliphatic rings. The van der Waals surface area contributed by atoms with E-state index in [0.717, 1.165) is 40.3 Å². The molecule has 0 spiro atoms. The van der Waals surface area contributed by atoms with E-state index in [1.54, 1.807) is 0 Å². The van der Waals surface area contributed by atoms with Gasteiger partial charge in [-0.25, -0.2) is 19.9 Å². The second-order valence-electron chi connectivity index (χ2n) is 6.17. The molecule has 4 heteroatoms. The van der Waals surface area contributed by atoms with Crippen molar-refractivity contribution in [1.82, 2.24) is 19.9 Å². The first-order valence-electron chi connectivity index (χ1n) is 8.52. The second kappa shape index (κ2) is 7.23.